The Bertz CT molecular complexity index is 1110. The summed E-state index contributed by atoms with van der Waals surface area (Å²) < 4.78 is 1.30. The first-order valence-corrected chi connectivity index (χ1v) is 9.75. The van der Waals surface area contributed by atoms with E-state index in [-0.39, 0.29) is 37.9 Å². The van der Waals surface area contributed by atoms with Gasteiger partial charge in [-0.25, -0.2) is 0 Å². The molecule has 1 aromatic heterocycles. The number of fused-ring (bicyclic) bond motifs is 1. The van der Waals surface area contributed by atoms with Gasteiger partial charge < -0.3 is 14.9 Å². The molecule has 2 aliphatic rings. The standard InChI is InChI=1S/C20H22N4O5/c25-15(12-24-16(26)11-20(19(24)29)7-3-4-8-20)21-9-10-23-14-6-2-1-5-13(14)22-17(27)18(23)28/h1-2,5-6H,3-4,7-12H2,(H,21,25)(H,22,27). The van der Waals surface area contributed by atoms with Crippen molar-refractivity contribution < 1.29 is 14.4 Å². The Labute approximate surface area is 165 Å². The lowest BCUT2D eigenvalue weighted by Gasteiger charge is -2.20. The summed E-state index contributed by atoms with van der Waals surface area (Å²) in [6, 6.07) is 6.89. The number of hydrogen-bond acceptors (Lipinski definition) is 5. The molecule has 29 heavy (non-hydrogen) atoms. The Morgan fingerprint density at radius 2 is 1.83 bits per heavy atom. The van der Waals surface area contributed by atoms with Crippen molar-refractivity contribution >= 4 is 28.8 Å². The quantitative estimate of drug-likeness (QED) is 0.548. The van der Waals surface area contributed by atoms with Crippen molar-refractivity contribution in [1.82, 2.24) is 19.8 Å². The zero-order chi connectivity index (χ0) is 20.6. The predicted molar refractivity (Wildman–Crippen MR) is 104 cm³/mol. The topological polar surface area (TPSA) is 121 Å². The highest BCUT2D eigenvalue weighted by molar-refractivity contribution is 6.08. The number of likely N-dealkylation sites (tertiary alicyclic amines) is 1. The van der Waals surface area contributed by atoms with Crippen LogP contribution in [-0.2, 0) is 20.9 Å². The molecular formula is C20H22N4O5. The summed E-state index contributed by atoms with van der Waals surface area (Å²) in [6.45, 7) is -0.126. The molecule has 1 saturated heterocycles. The number of rotatable bonds is 5. The first kappa shape index (κ1) is 19.1. The number of amides is 3. The van der Waals surface area contributed by atoms with E-state index in [9.17, 15) is 24.0 Å². The SMILES string of the molecule is O=C(CN1C(=O)CC2(CCCC2)C1=O)NCCn1c(=O)c(=O)[nH]c2ccccc21. The Morgan fingerprint density at radius 1 is 1.10 bits per heavy atom. The number of benzene rings is 1. The molecular weight excluding hydrogens is 376 g/mol. The molecule has 2 N–H and O–H groups in total. The number of nitrogens with one attached hydrogen (secondary N) is 2. The number of aromatic nitrogens is 2. The first-order valence-electron chi connectivity index (χ1n) is 9.75. The van der Waals surface area contributed by atoms with Gasteiger partial charge in [0, 0.05) is 19.5 Å². The number of imide groups is 1. The first-order chi connectivity index (χ1) is 13.9. The maximum atomic E-state index is 12.6. The van der Waals surface area contributed by atoms with Crippen molar-refractivity contribution in [3.05, 3.63) is 45.0 Å². The van der Waals surface area contributed by atoms with Gasteiger partial charge in [-0.2, -0.15) is 0 Å². The number of para-hydroxylation sites is 2. The van der Waals surface area contributed by atoms with Crippen LogP contribution >= 0.6 is 0 Å². The second kappa shape index (κ2) is 7.31. The Morgan fingerprint density at radius 3 is 2.59 bits per heavy atom. The minimum atomic E-state index is -0.731. The van der Waals surface area contributed by atoms with Crippen molar-refractivity contribution in [2.45, 2.75) is 38.6 Å². The largest absolute Gasteiger partial charge is 0.353 e. The monoisotopic (exact) mass is 398 g/mol. The van der Waals surface area contributed by atoms with Gasteiger partial charge in [0.25, 0.3) is 0 Å². The van der Waals surface area contributed by atoms with E-state index >= 15 is 0 Å². The van der Waals surface area contributed by atoms with Gasteiger partial charge in [-0.3, -0.25) is 28.9 Å². The number of carbonyl (C=O) groups excluding carboxylic acids is 3. The minimum absolute atomic E-state index is 0.0908. The molecule has 1 spiro atoms. The molecule has 0 unspecified atom stereocenters. The zero-order valence-corrected chi connectivity index (χ0v) is 15.9. The summed E-state index contributed by atoms with van der Waals surface area (Å²) in [4.78, 5) is 64.7. The van der Waals surface area contributed by atoms with Gasteiger partial charge >= 0.3 is 11.1 Å². The van der Waals surface area contributed by atoms with E-state index in [0.29, 0.717) is 23.9 Å². The summed E-state index contributed by atoms with van der Waals surface area (Å²) in [5.74, 6) is -1.01. The summed E-state index contributed by atoms with van der Waals surface area (Å²) in [7, 11) is 0. The zero-order valence-electron chi connectivity index (χ0n) is 15.9. The molecule has 9 heteroatoms. The van der Waals surface area contributed by atoms with Crippen LogP contribution in [-0.4, -0.2) is 45.3 Å². The average Bonchev–Trinajstić information content (AvgIpc) is 3.25. The molecule has 0 radical (unpaired) electrons. The van der Waals surface area contributed by atoms with E-state index in [2.05, 4.69) is 10.3 Å². The minimum Gasteiger partial charge on any atom is -0.353 e. The maximum absolute atomic E-state index is 12.6. The van der Waals surface area contributed by atoms with Crippen molar-refractivity contribution in [3.63, 3.8) is 0 Å². The van der Waals surface area contributed by atoms with Crippen molar-refractivity contribution in [2.24, 2.45) is 5.41 Å². The molecule has 1 saturated carbocycles. The second-order valence-corrected chi connectivity index (χ2v) is 7.73. The van der Waals surface area contributed by atoms with Gasteiger partial charge in [-0.05, 0) is 25.0 Å². The maximum Gasteiger partial charge on any atom is 0.316 e. The molecule has 2 fully saturated rings. The number of H-pyrrole nitrogens is 1. The fourth-order valence-corrected chi connectivity index (χ4v) is 4.41. The third-order valence-electron chi connectivity index (χ3n) is 5.89. The lowest BCUT2D eigenvalue weighted by molar-refractivity contribution is -0.144. The van der Waals surface area contributed by atoms with E-state index in [0.717, 1.165) is 17.7 Å². The third kappa shape index (κ3) is 3.37. The van der Waals surface area contributed by atoms with Crippen LogP contribution in [0.15, 0.2) is 33.9 Å². The summed E-state index contributed by atoms with van der Waals surface area (Å²) in [6.07, 6.45) is 3.45. The van der Waals surface area contributed by atoms with Crippen LogP contribution in [0.3, 0.4) is 0 Å². The van der Waals surface area contributed by atoms with Crippen LogP contribution in [0, 0.1) is 5.41 Å². The molecule has 4 rings (SSSR count). The van der Waals surface area contributed by atoms with Crippen molar-refractivity contribution in [2.75, 3.05) is 13.1 Å². The van der Waals surface area contributed by atoms with Crippen LogP contribution in [0.2, 0.25) is 0 Å². The van der Waals surface area contributed by atoms with Gasteiger partial charge in [0.05, 0.1) is 16.4 Å². The van der Waals surface area contributed by atoms with E-state index < -0.39 is 22.4 Å². The lowest BCUT2D eigenvalue weighted by atomic mass is 9.84. The summed E-state index contributed by atoms with van der Waals surface area (Å²) in [5.41, 5.74) is -0.955. The molecule has 9 nitrogen and oxygen atoms in total. The average molecular weight is 398 g/mol. The van der Waals surface area contributed by atoms with Crippen LogP contribution in [0.25, 0.3) is 11.0 Å². The van der Waals surface area contributed by atoms with Gasteiger partial charge in [0.1, 0.15) is 6.54 Å². The molecule has 0 atom stereocenters. The molecule has 1 aromatic carbocycles. The van der Waals surface area contributed by atoms with E-state index in [4.69, 9.17) is 0 Å². The van der Waals surface area contributed by atoms with Crippen molar-refractivity contribution in [3.8, 4) is 0 Å². The predicted octanol–water partition coefficient (Wildman–Crippen LogP) is 0.125. The van der Waals surface area contributed by atoms with Gasteiger partial charge in [-0.15, -0.1) is 0 Å². The van der Waals surface area contributed by atoms with Gasteiger partial charge in [-0.1, -0.05) is 25.0 Å². The van der Waals surface area contributed by atoms with E-state index in [1.807, 2.05) is 0 Å². The molecule has 1 aliphatic carbocycles. The normalized spacial score (nSPS) is 18.1. The van der Waals surface area contributed by atoms with Gasteiger partial charge in [0.15, 0.2) is 0 Å². The van der Waals surface area contributed by atoms with Crippen LogP contribution < -0.4 is 16.4 Å². The molecule has 152 valence electrons. The molecule has 1 aliphatic heterocycles. The smallest absolute Gasteiger partial charge is 0.316 e. The number of aromatic amines is 1. The summed E-state index contributed by atoms with van der Waals surface area (Å²) >= 11 is 0. The Hall–Kier alpha value is -3.23. The number of hydrogen-bond donors (Lipinski definition) is 2. The lowest BCUT2D eigenvalue weighted by Crippen LogP contribution is -2.44. The van der Waals surface area contributed by atoms with E-state index in [1.54, 1.807) is 24.3 Å². The number of nitrogens with zero attached hydrogens (tertiary/aromatic N) is 2. The fraction of sp³-hybridized carbons (Fsp3) is 0.450. The summed E-state index contributed by atoms with van der Waals surface area (Å²) in [5, 5.41) is 2.63. The second-order valence-electron chi connectivity index (χ2n) is 7.73. The highest BCUT2D eigenvalue weighted by atomic mass is 16.2. The van der Waals surface area contributed by atoms with Crippen LogP contribution in [0.1, 0.15) is 32.1 Å². The molecule has 0 bridgehead atoms. The van der Waals surface area contributed by atoms with E-state index in [1.165, 1.54) is 4.57 Å². The molecule has 2 aromatic rings. The third-order valence-corrected chi connectivity index (χ3v) is 5.89. The van der Waals surface area contributed by atoms with Crippen LogP contribution in [0.4, 0.5) is 0 Å². The van der Waals surface area contributed by atoms with Crippen LogP contribution in [0.5, 0.6) is 0 Å². The molecule has 3 amide bonds. The Balaban J connectivity index is 1.40. The highest BCUT2D eigenvalue weighted by Gasteiger charge is 2.52. The Kier molecular flexibility index (Phi) is 4.81. The molecule has 2 heterocycles. The van der Waals surface area contributed by atoms with Crippen molar-refractivity contribution in [1.29, 1.82) is 0 Å². The van der Waals surface area contributed by atoms with Gasteiger partial charge in [0.2, 0.25) is 17.7 Å². The fourth-order valence-electron chi connectivity index (χ4n) is 4.41. The highest BCUT2D eigenvalue weighted by Crippen LogP contribution is 2.46. The number of carbonyl (C=O) groups is 3.